The van der Waals surface area contributed by atoms with Gasteiger partial charge in [0.15, 0.2) is 5.82 Å². The second kappa shape index (κ2) is 12.1. The molecule has 6 rings (SSSR count). The first-order valence-electron chi connectivity index (χ1n) is 14.9. The number of hydrogen-bond donors (Lipinski definition) is 0. The van der Waals surface area contributed by atoms with Crippen LogP contribution in [0.1, 0.15) is 48.1 Å². The molecule has 0 radical (unpaired) electrons. The molecule has 8 nitrogen and oxygen atoms in total. The molecule has 42 heavy (non-hydrogen) atoms. The van der Waals surface area contributed by atoms with Crippen molar-refractivity contribution in [3.63, 3.8) is 0 Å². The minimum atomic E-state index is -0.316. The topological polar surface area (TPSA) is 70.1 Å². The average molecular weight is 571 g/mol. The second-order valence-electron chi connectivity index (χ2n) is 11.7. The Hall–Kier alpha value is -3.98. The highest BCUT2D eigenvalue weighted by Crippen LogP contribution is 2.39. The second-order valence-corrected chi connectivity index (χ2v) is 11.7. The summed E-state index contributed by atoms with van der Waals surface area (Å²) in [5.74, 6) is 2.39. The molecule has 0 bridgehead atoms. The molecule has 2 aromatic carbocycles. The number of aromatic nitrogens is 5. The van der Waals surface area contributed by atoms with Gasteiger partial charge in [0.05, 0.1) is 41.3 Å². The van der Waals surface area contributed by atoms with Crippen LogP contribution in [0.3, 0.4) is 0 Å². The zero-order chi connectivity index (χ0) is 29.2. The van der Waals surface area contributed by atoms with E-state index in [4.69, 9.17) is 9.72 Å². The third kappa shape index (κ3) is 5.70. The van der Waals surface area contributed by atoms with Crippen LogP contribution in [-0.2, 0) is 20.0 Å². The number of aryl methyl sites for hydroxylation is 1. The van der Waals surface area contributed by atoms with Gasteiger partial charge in [0.2, 0.25) is 0 Å². The molecule has 1 atom stereocenters. The third-order valence-corrected chi connectivity index (χ3v) is 8.47. The van der Waals surface area contributed by atoms with Crippen LogP contribution >= 0.6 is 0 Å². The molecular formula is C33H39FN6O2. The molecule has 3 aromatic heterocycles. The van der Waals surface area contributed by atoms with Gasteiger partial charge in [0.25, 0.3) is 0 Å². The maximum absolute atomic E-state index is 12.6. The maximum Gasteiger partial charge on any atom is 0.157 e. The SMILES string of the molecule is CC(COc1cccc2cc(-c3nc4cc(C=O)c(CCN(C)CCCF)cc4n3C)n(CC3CC3)c12)n1ccnc1. The van der Waals surface area contributed by atoms with E-state index in [1.54, 1.807) is 6.20 Å². The van der Waals surface area contributed by atoms with Crippen LogP contribution in [0.2, 0.25) is 0 Å². The molecule has 0 aliphatic heterocycles. The zero-order valence-corrected chi connectivity index (χ0v) is 24.7. The molecule has 0 N–H and O–H groups in total. The lowest BCUT2D eigenvalue weighted by Crippen LogP contribution is -2.23. The summed E-state index contributed by atoms with van der Waals surface area (Å²) in [6, 6.07) is 12.6. The van der Waals surface area contributed by atoms with Crippen molar-refractivity contribution in [1.82, 2.24) is 28.6 Å². The van der Waals surface area contributed by atoms with E-state index in [0.717, 1.165) is 64.1 Å². The molecule has 220 valence electrons. The minimum absolute atomic E-state index is 0.151. The van der Waals surface area contributed by atoms with Gasteiger partial charge >= 0.3 is 0 Å². The predicted octanol–water partition coefficient (Wildman–Crippen LogP) is 6.09. The number of carbonyl (C=O) groups is 1. The van der Waals surface area contributed by atoms with Crippen LogP contribution in [0.5, 0.6) is 5.75 Å². The Balaban J connectivity index is 1.37. The molecule has 0 amide bonds. The summed E-state index contributed by atoms with van der Waals surface area (Å²) in [4.78, 5) is 23.4. The largest absolute Gasteiger partial charge is 0.489 e. The van der Waals surface area contributed by atoms with Gasteiger partial charge in [-0.05, 0) is 75.4 Å². The van der Waals surface area contributed by atoms with Gasteiger partial charge in [-0.15, -0.1) is 0 Å². The molecule has 0 saturated heterocycles. The fraction of sp³-hybridized carbons (Fsp3) is 0.424. The highest BCUT2D eigenvalue weighted by molar-refractivity contribution is 5.93. The summed E-state index contributed by atoms with van der Waals surface area (Å²) in [5, 5.41) is 1.12. The fourth-order valence-corrected chi connectivity index (χ4v) is 5.77. The minimum Gasteiger partial charge on any atom is -0.489 e. The Kier molecular flexibility index (Phi) is 8.11. The molecular weight excluding hydrogens is 531 g/mol. The van der Waals surface area contributed by atoms with E-state index < -0.39 is 0 Å². The van der Waals surface area contributed by atoms with E-state index in [2.05, 4.69) is 54.8 Å². The molecule has 0 spiro atoms. The number of likely N-dealkylation sites (N-methyl/N-ethyl adjacent to an activating group) is 1. The van der Waals surface area contributed by atoms with Gasteiger partial charge in [-0.1, -0.05) is 12.1 Å². The van der Waals surface area contributed by atoms with Crippen LogP contribution in [0.15, 0.2) is 55.1 Å². The Labute approximate surface area is 245 Å². The van der Waals surface area contributed by atoms with Crippen molar-refractivity contribution >= 4 is 28.2 Å². The molecule has 5 aromatic rings. The molecule has 1 saturated carbocycles. The van der Waals surface area contributed by atoms with E-state index in [1.165, 1.54) is 12.8 Å². The Morgan fingerprint density at radius 1 is 1.21 bits per heavy atom. The van der Waals surface area contributed by atoms with Gasteiger partial charge in [-0.3, -0.25) is 9.18 Å². The van der Waals surface area contributed by atoms with Crippen LogP contribution < -0.4 is 4.74 Å². The first-order chi connectivity index (χ1) is 20.5. The summed E-state index contributed by atoms with van der Waals surface area (Å²) in [5.41, 5.74) is 5.58. The van der Waals surface area contributed by atoms with Crippen LogP contribution in [0.4, 0.5) is 4.39 Å². The van der Waals surface area contributed by atoms with Gasteiger partial charge in [-0.2, -0.15) is 0 Å². The molecule has 9 heteroatoms. The summed E-state index contributed by atoms with van der Waals surface area (Å²) in [7, 11) is 4.04. The first-order valence-corrected chi connectivity index (χ1v) is 14.9. The third-order valence-electron chi connectivity index (χ3n) is 8.47. The Bertz CT molecular complexity index is 1680. The average Bonchev–Trinajstić information content (AvgIpc) is 3.37. The van der Waals surface area contributed by atoms with Crippen LogP contribution in [0.25, 0.3) is 33.5 Å². The Morgan fingerprint density at radius 3 is 2.81 bits per heavy atom. The number of carbonyl (C=O) groups excluding carboxylic acids is 1. The molecule has 3 heterocycles. The van der Waals surface area contributed by atoms with Crippen molar-refractivity contribution in [2.75, 3.05) is 33.4 Å². The number of benzene rings is 2. The molecule has 1 aliphatic carbocycles. The van der Waals surface area contributed by atoms with Crippen LogP contribution in [-0.4, -0.2) is 68.3 Å². The number of para-hydroxylation sites is 1. The van der Waals surface area contributed by atoms with Crippen molar-refractivity contribution in [3.05, 3.63) is 66.2 Å². The van der Waals surface area contributed by atoms with Crippen molar-refractivity contribution < 1.29 is 13.9 Å². The smallest absolute Gasteiger partial charge is 0.157 e. The lowest BCUT2D eigenvalue weighted by Gasteiger charge is -2.17. The van der Waals surface area contributed by atoms with E-state index in [9.17, 15) is 9.18 Å². The number of fused-ring (bicyclic) bond motifs is 2. The standard InChI is InChI=1S/C33H39FN6O2/c1-23(39-15-12-35-22-39)21-42-31-7-4-6-26-18-30(40(32(26)31)19-24-8-9-24)33-36-28-16-27(20-41)25(17-29(28)38(33)3)10-14-37(2)13-5-11-34/h4,6-7,12,15-18,20,22-24H,5,8-11,13-14,19,21H2,1-3H3. The van der Waals surface area contributed by atoms with Crippen molar-refractivity contribution in [1.29, 1.82) is 0 Å². The lowest BCUT2D eigenvalue weighted by atomic mass is 10.0. The van der Waals surface area contributed by atoms with Gasteiger partial charge in [-0.25, -0.2) is 9.97 Å². The maximum atomic E-state index is 12.6. The quantitative estimate of drug-likeness (QED) is 0.151. The number of halogens is 1. The number of hydrogen-bond acceptors (Lipinski definition) is 5. The summed E-state index contributed by atoms with van der Waals surface area (Å²) in [6.07, 6.45) is 10.2. The number of aldehydes is 1. The van der Waals surface area contributed by atoms with Crippen molar-refractivity contribution in [3.8, 4) is 17.3 Å². The predicted molar refractivity (Wildman–Crippen MR) is 164 cm³/mol. The first kappa shape index (κ1) is 28.2. The highest BCUT2D eigenvalue weighted by atomic mass is 19.1. The number of rotatable bonds is 14. The summed E-state index contributed by atoms with van der Waals surface area (Å²) in [6.45, 7) is 4.71. The number of imidazole rings is 2. The van der Waals surface area contributed by atoms with E-state index in [0.29, 0.717) is 37.5 Å². The Morgan fingerprint density at radius 2 is 2.07 bits per heavy atom. The van der Waals surface area contributed by atoms with E-state index >= 15 is 0 Å². The van der Waals surface area contributed by atoms with E-state index in [1.807, 2.05) is 38.8 Å². The fourth-order valence-electron chi connectivity index (χ4n) is 5.77. The summed E-state index contributed by atoms with van der Waals surface area (Å²) < 4.78 is 25.6. The number of nitrogens with zero attached hydrogens (tertiary/aromatic N) is 6. The monoisotopic (exact) mass is 570 g/mol. The molecule has 1 unspecified atom stereocenters. The van der Waals surface area contributed by atoms with Gasteiger partial charge < -0.3 is 23.3 Å². The normalized spacial score (nSPS) is 14.3. The van der Waals surface area contributed by atoms with Crippen molar-refractivity contribution in [2.24, 2.45) is 13.0 Å². The number of alkyl halides is 1. The lowest BCUT2D eigenvalue weighted by molar-refractivity contribution is 0.112. The summed E-state index contributed by atoms with van der Waals surface area (Å²) >= 11 is 0. The van der Waals surface area contributed by atoms with E-state index in [-0.39, 0.29) is 12.7 Å². The van der Waals surface area contributed by atoms with Gasteiger partial charge in [0.1, 0.15) is 18.6 Å². The zero-order valence-electron chi connectivity index (χ0n) is 24.7. The number of ether oxygens (including phenoxy) is 1. The van der Waals surface area contributed by atoms with Gasteiger partial charge in [0, 0.05) is 50.0 Å². The van der Waals surface area contributed by atoms with Crippen LogP contribution in [0, 0.1) is 5.92 Å². The van der Waals surface area contributed by atoms with Crippen molar-refractivity contribution in [2.45, 2.75) is 45.2 Å². The molecule has 1 fully saturated rings. The highest BCUT2D eigenvalue weighted by Gasteiger charge is 2.27. The molecule has 1 aliphatic rings.